The molecular weight excluding hydrogens is 810 g/mol. The van der Waals surface area contributed by atoms with Crippen molar-refractivity contribution in [3.8, 4) is 34.0 Å². The average molecular weight is 839 g/mol. The van der Waals surface area contributed by atoms with Crippen LogP contribution in [0.25, 0.3) is 77.3 Å². The Hall–Kier alpha value is -5.84. The zero-order valence-electron chi connectivity index (χ0n) is 28.0. The molecule has 5 aromatic carbocycles. The van der Waals surface area contributed by atoms with Crippen LogP contribution in [0.5, 0.6) is 11.5 Å². The van der Waals surface area contributed by atoms with Gasteiger partial charge in [-0.1, -0.05) is 118 Å². The fraction of sp³-hybridized carbons (Fsp3) is 0.0682. The first kappa shape index (κ1) is 31.2. The van der Waals surface area contributed by atoms with Gasteiger partial charge in [0.25, 0.3) is 0 Å². The van der Waals surface area contributed by atoms with Crippen molar-refractivity contribution in [3.05, 3.63) is 151 Å². The summed E-state index contributed by atoms with van der Waals surface area (Å²) in [6.07, 6.45) is 5.85. The molecule has 6 nitrogen and oxygen atoms in total. The maximum Gasteiger partial charge on any atom is 2.00 e. The molecular formula is C44H29N5OPt. The van der Waals surface area contributed by atoms with Crippen molar-refractivity contribution in [1.82, 2.24) is 23.8 Å². The first-order valence-electron chi connectivity index (χ1n) is 16.7. The van der Waals surface area contributed by atoms with Crippen LogP contribution in [0.15, 0.2) is 122 Å². The number of benzene rings is 5. The summed E-state index contributed by atoms with van der Waals surface area (Å²) >= 11 is 0. The van der Waals surface area contributed by atoms with Crippen LogP contribution in [0.2, 0.25) is 0 Å². The van der Waals surface area contributed by atoms with E-state index >= 15 is 0 Å². The Morgan fingerprint density at radius 3 is 2.06 bits per heavy atom. The van der Waals surface area contributed by atoms with Gasteiger partial charge in [-0.15, -0.1) is 12.1 Å². The first-order valence-corrected chi connectivity index (χ1v) is 16.7. The van der Waals surface area contributed by atoms with Crippen molar-refractivity contribution in [1.29, 1.82) is 0 Å². The number of rotatable bonds is 4. The Bertz CT molecular complexity index is 2980. The second kappa shape index (κ2) is 11.9. The van der Waals surface area contributed by atoms with Gasteiger partial charge in [-0.3, -0.25) is 9.97 Å². The van der Waals surface area contributed by atoms with E-state index in [0.717, 1.165) is 71.7 Å². The van der Waals surface area contributed by atoms with Gasteiger partial charge in [-0.25, -0.2) is 4.98 Å². The topological polar surface area (TPSA) is 56.7 Å². The molecule has 0 bridgehead atoms. The molecule has 0 fully saturated rings. The van der Waals surface area contributed by atoms with Crippen molar-refractivity contribution in [2.45, 2.75) is 20.8 Å². The SMILES string of the molecule is Cc1cc(C)c(-c2cnc3c4[c-]c(Oc5[c-]c6c(cc5)c5cccnc5n5cc(-c7ccccc7)nc65)ccc4c4ccccc4n23)c(C)c1.[Pt+2]. The van der Waals surface area contributed by atoms with Gasteiger partial charge in [0.2, 0.25) is 0 Å². The van der Waals surface area contributed by atoms with Gasteiger partial charge in [0.1, 0.15) is 5.65 Å². The first-order chi connectivity index (χ1) is 24.5. The number of imidazole rings is 2. The van der Waals surface area contributed by atoms with Crippen LogP contribution in [-0.2, 0) is 21.1 Å². The predicted molar refractivity (Wildman–Crippen MR) is 201 cm³/mol. The van der Waals surface area contributed by atoms with Gasteiger partial charge in [-0.2, -0.15) is 0 Å². The number of hydrogen-bond acceptors (Lipinski definition) is 4. The summed E-state index contributed by atoms with van der Waals surface area (Å²) in [5, 5.41) is 6.00. The largest absolute Gasteiger partial charge is 2.00 e. The molecule has 0 aliphatic carbocycles. The van der Waals surface area contributed by atoms with Crippen LogP contribution in [0.4, 0.5) is 0 Å². The number of pyridine rings is 3. The minimum atomic E-state index is 0. The maximum absolute atomic E-state index is 6.55. The molecule has 5 aromatic heterocycles. The molecule has 0 saturated carbocycles. The molecule has 0 aliphatic heterocycles. The second-order valence-electron chi connectivity index (χ2n) is 13.0. The summed E-state index contributed by atoms with van der Waals surface area (Å²) in [5.41, 5.74) is 11.5. The Morgan fingerprint density at radius 2 is 1.29 bits per heavy atom. The van der Waals surface area contributed by atoms with Crippen molar-refractivity contribution >= 4 is 54.8 Å². The molecule has 0 atom stereocenters. The summed E-state index contributed by atoms with van der Waals surface area (Å²) in [6.45, 7) is 6.49. The molecule has 0 N–H and O–H groups in total. The minimum absolute atomic E-state index is 0. The Morgan fingerprint density at radius 1 is 0.627 bits per heavy atom. The number of hydrogen-bond donors (Lipinski definition) is 0. The van der Waals surface area contributed by atoms with Gasteiger partial charge in [0.15, 0.2) is 0 Å². The quantitative estimate of drug-likeness (QED) is 0.131. The van der Waals surface area contributed by atoms with E-state index in [4.69, 9.17) is 19.7 Å². The number of aromatic nitrogens is 5. The summed E-state index contributed by atoms with van der Waals surface area (Å²) in [7, 11) is 0. The van der Waals surface area contributed by atoms with Crippen molar-refractivity contribution in [2.75, 3.05) is 0 Å². The predicted octanol–water partition coefficient (Wildman–Crippen LogP) is 10.6. The number of ether oxygens (including phenoxy) is 1. The van der Waals surface area contributed by atoms with Crippen LogP contribution in [-0.4, -0.2) is 23.8 Å². The van der Waals surface area contributed by atoms with E-state index in [0.29, 0.717) is 11.5 Å². The molecule has 0 unspecified atom stereocenters. The van der Waals surface area contributed by atoms with Gasteiger partial charge in [-0.05, 0) is 54.8 Å². The van der Waals surface area contributed by atoms with E-state index in [1.165, 1.54) is 22.3 Å². The normalized spacial score (nSPS) is 11.7. The summed E-state index contributed by atoms with van der Waals surface area (Å²) in [6, 6.07) is 42.5. The van der Waals surface area contributed by atoms with Gasteiger partial charge >= 0.3 is 21.1 Å². The molecule has 10 aromatic rings. The minimum Gasteiger partial charge on any atom is -0.497 e. The van der Waals surface area contributed by atoms with Crippen LogP contribution < -0.4 is 4.74 Å². The van der Waals surface area contributed by atoms with Crippen molar-refractivity contribution < 1.29 is 25.8 Å². The third kappa shape index (κ3) is 4.85. The average Bonchev–Trinajstić information content (AvgIpc) is 3.78. The Labute approximate surface area is 308 Å². The van der Waals surface area contributed by atoms with Crippen LogP contribution in [0.3, 0.4) is 0 Å². The number of para-hydroxylation sites is 1. The molecule has 246 valence electrons. The summed E-state index contributed by atoms with van der Waals surface area (Å²) in [5.74, 6) is 1.17. The molecule has 10 rings (SSSR count). The zero-order chi connectivity index (χ0) is 33.5. The van der Waals surface area contributed by atoms with Gasteiger partial charge in [0.05, 0.1) is 22.7 Å². The molecule has 5 heterocycles. The number of nitrogens with zero attached hydrogens (tertiary/aromatic N) is 5. The number of fused-ring (bicyclic) bond motifs is 12. The Balaban J connectivity index is 0.00000348. The maximum atomic E-state index is 6.55. The third-order valence-electron chi connectivity index (χ3n) is 9.72. The molecule has 51 heavy (non-hydrogen) atoms. The van der Waals surface area contributed by atoms with Crippen molar-refractivity contribution in [2.24, 2.45) is 0 Å². The van der Waals surface area contributed by atoms with E-state index < -0.39 is 0 Å². The standard InChI is InChI=1S/C44H29N5O.Pt/c1-26-20-27(2)41(28(3)21-26)40-24-46-43-36-22-30(15-17-32(36)34-12-7-8-14-39(34)49(40)43)50-31-16-18-33-35-13-9-19-45-42(35)48-25-38(29-10-5-4-6-11-29)47-44(48)37(33)23-31;/h4-21,24-25H,1-3H3;/q-2;+2. The zero-order valence-corrected chi connectivity index (χ0v) is 30.3. The van der Waals surface area contributed by atoms with Crippen molar-refractivity contribution in [3.63, 3.8) is 0 Å². The second-order valence-corrected chi connectivity index (χ2v) is 13.0. The molecule has 0 amide bonds. The Kier molecular flexibility index (Phi) is 7.27. The van der Waals surface area contributed by atoms with Crippen LogP contribution >= 0.6 is 0 Å². The van der Waals surface area contributed by atoms with E-state index in [-0.39, 0.29) is 21.1 Å². The molecule has 0 spiro atoms. The third-order valence-corrected chi connectivity index (χ3v) is 9.72. The molecule has 7 heteroatoms. The monoisotopic (exact) mass is 838 g/mol. The molecule has 0 aliphatic rings. The van der Waals surface area contributed by atoms with Gasteiger partial charge < -0.3 is 13.5 Å². The summed E-state index contributed by atoms with van der Waals surface area (Å²) in [4.78, 5) is 14.8. The van der Waals surface area contributed by atoms with E-state index in [1.54, 1.807) is 0 Å². The van der Waals surface area contributed by atoms with E-state index in [1.807, 2.05) is 55.0 Å². The molecule has 0 saturated heterocycles. The smallest absolute Gasteiger partial charge is 0.497 e. The van der Waals surface area contributed by atoms with E-state index in [9.17, 15) is 0 Å². The van der Waals surface area contributed by atoms with E-state index in [2.05, 4.69) is 108 Å². The summed E-state index contributed by atoms with van der Waals surface area (Å²) < 4.78 is 10.9. The fourth-order valence-corrected chi connectivity index (χ4v) is 7.68. The van der Waals surface area contributed by atoms with Crippen LogP contribution in [0, 0.1) is 32.9 Å². The number of aryl methyl sites for hydroxylation is 3. The fourth-order valence-electron chi connectivity index (χ4n) is 7.68. The molecule has 0 radical (unpaired) electrons. The van der Waals surface area contributed by atoms with Crippen LogP contribution in [0.1, 0.15) is 16.7 Å². The van der Waals surface area contributed by atoms with Gasteiger partial charge in [0, 0.05) is 46.7 Å².